The Labute approximate surface area is 192 Å². The Morgan fingerprint density at radius 2 is 2.09 bits per heavy atom. The van der Waals surface area contributed by atoms with Crippen molar-refractivity contribution in [3.8, 4) is 5.75 Å². The summed E-state index contributed by atoms with van der Waals surface area (Å²) < 4.78 is 5.37. The molecule has 0 spiro atoms. The standard InChI is InChI=1S/C25H29N3O3S/c1-17(19-9-6-10-21(13-19)31-2)26-14-20-11-12-28(25-27-23(16-32-25)24(29)30)15-22(20)18-7-4-3-5-8-18/h3-10,13,16-17,20,22,26H,11-12,14-15H2,1-2H3,(H,29,30)/t17-,20?,22?/m1/s1. The maximum Gasteiger partial charge on any atom is 0.355 e. The number of nitrogens with zero attached hydrogens (tertiary/aromatic N) is 2. The highest BCUT2D eigenvalue weighted by molar-refractivity contribution is 7.13. The third-order valence-corrected chi connectivity index (χ3v) is 7.15. The fraction of sp³-hybridized carbons (Fsp3) is 0.360. The predicted molar refractivity (Wildman–Crippen MR) is 128 cm³/mol. The van der Waals surface area contributed by atoms with Gasteiger partial charge in [-0.2, -0.15) is 0 Å². The van der Waals surface area contributed by atoms with Gasteiger partial charge in [-0.15, -0.1) is 11.3 Å². The number of piperidine rings is 1. The minimum Gasteiger partial charge on any atom is -0.497 e. The molecule has 4 rings (SSSR count). The molecule has 0 aliphatic carbocycles. The van der Waals surface area contributed by atoms with Gasteiger partial charge in [-0.1, -0.05) is 42.5 Å². The number of aromatic carboxylic acids is 1. The first-order valence-corrected chi connectivity index (χ1v) is 11.8. The molecule has 168 valence electrons. The lowest BCUT2D eigenvalue weighted by atomic mass is 9.80. The van der Waals surface area contributed by atoms with Crippen molar-refractivity contribution in [1.29, 1.82) is 0 Å². The van der Waals surface area contributed by atoms with Crippen LogP contribution in [0.4, 0.5) is 5.13 Å². The van der Waals surface area contributed by atoms with E-state index in [1.54, 1.807) is 12.5 Å². The number of rotatable bonds is 8. The van der Waals surface area contributed by atoms with E-state index < -0.39 is 5.97 Å². The quantitative estimate of drug-likeness (QED) is 0.512. The molecule has 32 heavy (non-hydrogen) atoms. The molecule has 3 atom stereocenters. The van der Waals surface area contributed by atoms with Gasteiger partial charge in [0.25, 0.3) is 0 Å². The molecule has 2 heterocycles. The smallest absolute Gasteiger partial charge is 0.355 e. The van der Waals surface area contributed by atoms with Crippen LogP contribution in [-0.4, -0.2) is 42.8 Å². The van der Waals surface area contributed by atoms with Crippen LogP contribution >= 0.6 is 11.3 Å². The summed E-state index contributed by atoms with van der Waals surface area (Å²) in [6.07, 6.45) is 1.01. The fourth-order valence-corrected chi connectivity index (χ4v) is 5.20. The molecule has 2 aromatic carbocycles. The van der Waals surface area contributed by atoms with Gasteiger partial charge < -0.3 is 20.1 Å². The number of aromatic nitrogens is 1. The van der Waals surface area contributed by atoms with Gasteiger partial charge in [-0.05, 0) is 49.1 Å². The molecule has 2 unspecified atom stereocenters. The number of benzene rings is 2. The van der Waals surface area contributed by atoms with Crippen LogP contribution in [0.3, 0.4) is 0 Å². The van der Waals surface area contributed by atoms with Crippen LogP contribution in [-0.2, 0) is 0 Å². The zero-order valence-electron chi connectivity index (χ0n) is 18.4. The summed E-state index contributed by atoms with van der Waals surface area (Å²) in [5.74, 6) is 0.710. The maximum absolute atomic E-state index is 11.3. The van der Waals surface area contributed by atoms with Gasteiger partial charge in [0, 0.05) is 30.4 Å². The lowest BCUT2D eigenvalue weighted by molar-refractivity contribution is 0.0691. The first-order valence-electron chi connectivity index (χ1n) is 10.9. The van der Waals surface area contributed by atoms with Crippen molar-refractivity contribution >= 4 is 22.4 Å². The number of ether oxygens (including phenoxy) is 1. The van der Waals surface area contributed by atoms with E-state index >= 15 is 0 Å². The van der Waals surface area contributed by atoms with Crippen molar-refractivity contribution in [3.63, 3.8) is 0 Å². The summed E-state index contributed by atoms with van der Waals surface area (Å²) >= 11 is 1.41. The number of methoxy groups -OCH3 is 1. The van der Waals surface area contributed by atoms with Gasteiger partial charge in [0.15, 0.2) is 10.8 Å². The van der Waals surface area contributed by atoms with E-state index in [0.717, 1.165) is 36.9 Å². The highest BCUT2D eigenvalue weighted by Gasteiger charge is 2.32. The van der Waals surface area contributed by atoms with Gasteiger partial charge in [-0.3, -0.25) is 0 Å². The van der Waals surface area contributed by atoms with Crippen molar-refractivity contribution in [2.45, 2.75) is 25.3 Å². The average molecular weight is 452 g/mol. The molecule has 0 bridgehead atoms. The van der Waals surface area contributed by atoms with E-state index in [-0.39, 0.29) is 11.7 Å². The molecule has 0 radical (unpaired) electrons. The minimum absolute atomic E-state index is 0.122. The summed E-state index contributed by atoms with van der Waals surface area (Å²) in [5, 5.41) is 15.4. The summed E-state index contributed by atoms with van der Waals surface area (Å²) in [7, 11) is 1.69. The zero-order valence-corrected chi connectivity index (χ0v) is 19.2. The third kappa shape index (κ3) is 5.11. The molecule has 7 heteroatoms. The molecule has 2 N–H and O–H groups in total. The van der Waals surface area contributed by atoms with Crippen LogP contribution in [0.1, 0.15) is 46.9 Å². The van der Waals surface area contributed by atoms with Crippen LogP contribution in [0.15, 0.2) is 60.0 Å². The highest BCUT2D eigenvalue weighted by Crippen LogP contribution is 2.35. The topological polar surface area (TPSA) is 74.7 Å². The predicted octanol–water partition coefficient (Wildman–Crippen LogP) is 4.81. The average Bonchev–Trinajstić information content (AvgIpc) is 3.34. The van der Waals surface area contributed by atoms with Crippen molar-refractivity contribution in [2.24, 2.45) is 5.92 Å². The molecule has 0 saturated carbocycles. The van der Waals surface area contributed by atoms with Gasteiger partial charge in [0.05, 0.1) is 7.11 Å². The van der Waals surface area contributed by atoms with Crippen molar-refractivity contribution < 1.29 is 14.6 Å². The largest absolute Gasteiger partial charge is 0.497 e. The molecular formula is C25H29N3O3S. The molecule has 6 nitrogen and oxygen atoms in total. The number of nitrogens with one attached hydrogen (secondary N) is 1. The van der Waals surface area contributed by atoms with Crippen molar-refractivity contribution in [3.05, 3.63) is 76.8 Å². The minimum atomic E-state index is -0.974. The Hall–Kier alpha value is -2.90. The Kier molecular flexibility index (Phi) is 7.07. The van der Waals surface area contributed by atoms with E-state index in [1.807, 2.05) is 18.2 Å². The molecule has 3 aromatic rings. The van der Waals surface area contributed by atoms with Crippen molar-refractivity contribution in [1.82, 2.24) is 10.3 Å². The van der Waals surface area contributed by atoms with Crippen LogP contribution in [0.2, 0.25) is 0 Å². The lowest BCUT2D eigenvalue weighted by Crippen LogP contribution is -2.43. The molecular weight excluding hydrogens is 422 g/mol. The van der Waals surface area contributed by atoms with Gasteiger partial charge in [0.1, 0.15) is 5.75 Å². The van der Waals surface area contributed by atoms with Crippen molar-refractivity contribution in [2.75, 3.05) is 31.6 Å². The van der Waals surface area contributed by atoms with Gasteiger partial charge in [-0.25, -0.2) is 9.78 Å². The Morgan fingerprint density at radius 1 is 1.28 bits per heavy atom. The van der Waals surface area contributed by atoms with Gasteiger partial charge in [0.2, 0.25) is 0 Å². The van der Waals surface area contributed by atoms with E-state index in [1.165, 1.54) is 22.5 Å². The molecule has 1 saturated heterocycles. The normalized spacial score (nSPS) is 19.5. The molecule has 1 aromatic heterocycles. The summed E-state index contributed by atoms with van der Waals surface area (Å²) in [4.78, 5) is 17.8. The van der Waals surface area contributed by atoms with E-state index in [0.29, 0.717) is 11.8 Å². The zero-order chi connectivity index (χ0) is 22.5. The summed E-state index contributed by atoms with van der Waals surface area (Å²) in [5.41, 5.74) is 2.65. The fourth-order valence-electron chi connectivity index (χ4n) is 4.36. The molecule has 1 fully saturated rings. The molecule has 1 aliphatic heterocycles. The highest BCUT2D eigenvalue weighted by atomic mass is 32.1. The molecule has 1 aliphatic rings. The number of hydrogen-bond donors (Lipinski definition) is 2. The number of anilines is 1. The number of carbonyl (C=O) groups is 1. The second-order valence-electron chi connectivity index (χ2n) is 8.24. The Balaban J connectivity index is 1.47. The van der Waals surface area contributed by atoms with Gasteiger partial charge >= 0.3 is 5.97 Å². The van der Waals surface area contributed by atoms with Crippen LogP contribution in [0.25, 0.3) is 0 Å². The summed E-state index contributed by atoms with van der Waals surface area (Å²) in [6.45, 7) is 4.79. The van der Waals surface area contributed by atoms with Crippen LogP contribution in [0.5, 0.6) is 5.75 Å². The Bertz CT molecular complexity index is 1040. The second-order valence-corrected chi connectivity index (χ2v) is 9.08. The summed E-state index contributed by atoms with van der Waals surface area (Å²) in [6, 6.07) is 19.0. The van der Waals surface area contributed by atoms with Crippen LogP contribution < -0.4 is 15.0 Å². The number of carboxylic acid groups (broad SMARTS) is 1. The second kappa shape index (κ2) is 10.1. The Morgan fingerprint density at radius 3 is 2.81 bits per heavy atom. The van der Waals surface area contributed by atoms with E-state index in [2.05, 4.69) is 58.5 Å². The molecule has 0 amide bonds. The third-order valence-electron chi connectivity index (χ3n) is 6.25. The first-order chi connectivity index (χ1) is 15.5. The maximum atomic E-state index is 11.3. The number of carboxylic acids is 1. The monoisotopic (exact) mass is 451 g/mol. The number of thiazole rings is 1. The van der Waals surface area contributed by atoms with E-state index in [4.69, 9.17) is 4.74 Å². The van der Waals surface area contributed by atoms with Crippen LogP contribution in [0, 0.1) is 5.92 Å². The SMILES string of the molecule is COc1cccc([C@@H](C)NCC2CCN(c3nc(C(=O)O)cs3)CC2c2ccccc2)c1. The first kappa shape index (κ1) is 22.3. The van der Waals surface area contributed by atoms with E-state index in [9.17, 15) is 9.90 Å². The lowest BCUT2D eigenvalue weighted by Gasteiger charge is -2.39. The number of hydrogen-bond acceptors (Lipinski definition) is 6.